The first-order valence-electron chi connectivity index (χ1n) is 7.65. The lowest BCUT2D eigenvalue weighted by Crippen LogP contribution is -2.21. The van der Waals surface area contributed by atoms with Gasteiger partial charge in [-0.25, -0.2) is 4.79 Å². The molecule has 1 N–H and O–H groups in total. The SMILES string of the molecule is COC(=O)c1ccc(C)c(NC(=O)COC(=O)CCc2ccsc2)c1. The number of hydrogen-bond acceptors (Lipinski definition) is 6. The molecule has 0 saturated heterocycles. The zero-order chi connectivity index (χ0) is 18.2. The van der Waals surface area contributed by atoms with Crippen LogP contribution >= 0.6 is 11.3 Å². The molecule has 1 aromatic heterocycles. The van der Waals surface area contributed by atoms with Gasteiger partial charge in [-0.15, -0.1) is 0 Å². The molecule has 0 aliphatic rings. The molecule has 132 valence electrons. The highest BCUT2D eigenvalue weighted by Gasteiger charge is 2.12. The maximum Gasteiger partial charge on any atom is 0.337 e. The fourth-order valence-electron chi connectivity index (χ4n) is 2.09. The Morgan fingerprint density at radius 2 is 2.00 bits per heavy atom. The summed E-state index contributed by atoms with van der Waals surface area (Å²) in [6.07, 6.45) is 0.811. The number of benzene rings is 1. The minimum absolute atomic E-state index is 0.223. The maximum absolute atomic E-state index is 11.9. The number of anilines is 1. The van der Waals surface area contributed by atoms with Crippen LogP contribution in [0.15, 0.2) is 35.0 Å². The van der Waals surface area contributed by atoms with Crippen molar-refractivity contribution in [3.05, 3.63) is 51.7 Å². The second kappa shape index (κ2) is 8.98. The van der Waals surface area contributed by atoms with E-state index in [1.54, 1.807) is 30.4 Å². The lowest BCUT2D eigenvalue weighted by molar-refractivity contribution is -0.147. The van der Waals surface area contributed by atoms with E-state index in [4.69, 9.17) is 4.74 Å². The highest BCUT2D eigenvalue weighted by molar-refractivity contribution is 7.07. The standard InChI is InChI=1S/C18H19NO5S/c1-12-3-5-14(18(22)23-2)9-15(12)19-16(20)10-24-17(21)6-4-13-7-8-25-11-13/h3,5,7-9,11H,4,6,10H2,1-2H3,(H,19,20). The first-order valence-corrected chi connectivity index (χ1v) is 8.59. The topological polar surface area (TPSA) is 81.7 Å². The Labute approximate surface area is 149 Å². The molecule has 1 amide bonds. The number of aryl methyl sites for hydroxylation is 2. The third-order valence-corrected chi connectivity index (χ3v) is 4.23. The number of rotatable bonds is 7. The van der Waals surface area contributed by atoms with Crippen molar-refractivity contribution < 1.29 is 23.9 Å². The smallest absolute Gasteiger partial charge is 0.337 e. The van der Waals surface area contributed by atoms with Crippen LogP contribution in [0.1, 0.15) is 27.9 Å². The van der Waals surface area contributed by atoms with Gasteiger partial charge in [0.1, 0.15) is 0 Å². The van der Waals surface area contributed by atoms with Crippen molar-refractivity contribution in [2.75, 3.05) is 19.0 Å². The summed E-state index contributed by atoms with van der Waals surface area (Å²) in [5, 5.41) is 6.54. The summed E-state index contributed by atoms with van der Waals surface area (Å²) < 4.78 is 9.63. The van der Waals surface area contributed by atoms with Crippen molar-refractivity contribution in [1.82, 2.24) is 0 Å². The minimum Gasteiger partial charge on any atom is -0.465 e. The summed E-state index contributed by atoms with van der Waals surface area (Å²) in [4.78, 5) is 35.2. The molecule has 2 aromatic rings. The molecule has 6 nitrogen and oxygen atoms in total. The quantitative estimate of drug-likeness (QED) is 0.767. The maximum atomic E-state index is 11.9. The summed E-state index contributed by atoms with van der Waals surface area (Å²) in [5.41, 5.74) is 2.66. The molecule has 0 unspecified atom stereocenters. The molecule has 0 spiro atoms. The Balaban J connectivity index is 1.83. The largest absolute Gasteiger partial charge is 0.465 e. The number of esters is 2. The zero-order valence-electron chi connectivity index (χ0n) is 14.0. The van der Waals surface area contributed by atoms with Crippen LogP contribution in [0.5, 0.6) is 0 Å². The van der Waals surface area contributed by atoms with Gasteiger partial charge in [-0.1, -0.05) is 6.07 Å². The molecule has 0 aliphatic carbocycles. The van der Waals surface area contributed by atoms with Crippen molar-refractivity contribution in [3.8, 4) is 0 Å². The average Bonchev–Trinajstić information content (AvgIpc) is 3.13. The Bertz CT molecular complexity index is 755. The van der Waals surface area contributed by atoms with Gasteiger partial charge in [-0.3, -0.25) is 9.59 Å². The molecule has 0 fully saturated rings. The summed E-state index contributed by atoms with van der Waals surface area (Å²) in [6, 6.07) is 6.79. The fourth-order valence-corrected chi connectivity index (χ4v) is 2.79. The van der Waals surface area contributed by atoms with E-state index < -0.39 is 17.8 Å². The molecule has 1 heterocycles. The third kappa shape index (κ3) is 5.72. The van der Waals surface area contributed by atoms with Crippen LogP contribution in [0.2, 0.25) is 0 Å². The Hall–Kier alpha value is -2.67. The van der Waals surface area contributed by atoms with Crippen LogP contribution in [0.25, 0.3) is 0 Å². The number of thiophene rings is 1. The van der Waals surface area contributed by atoms with Crippen LogP contribution in [-0.4, -0.2) is 31.6 Å². The molecular formula is C18H19NO5S. The van der Waals surface area contributed by atoms with Crippen LogP contribution in [0, 0.1) is 6.92 Å². The van der Waals surface area contributed by atoms with E-state index in [-0.39, 0.29) is 13.0 Å². The van der Waals surface area contributed by atoms with Gasteiger partial charge in [-0.05, 0) is 53.4 Å². The van der Waals surface area contributed by atoms with E-state index in [9.17, 15) is 14.4 Å². The normalized spacial score (nSPS) is 10.2. The molecule has 7 heteroatoms. The van der Waals surface area contributed by atoms with Crippen molar-refractivity contribution >= 4 is 34.9 Å². The van der Waals surface area contributed by atoms with Crippen molar-refractivity contribution in [2.24, 2.45) is 0 Å². The van der Waals surface area contributed by atoms with Gasteiger partial charge in [0.15, 0.2) is 6.61 Å². The van der Waals surface area contributed by atoms with Crippen LogP contribution in [-0.2, 0) is 25.5 Å². The van der Waals surface area contributed by atoms with Crippen LogP contribution in [0.4, 0.5) is 5.69 Å². The number of hydrogen-bond donors (Lipinski definition) is 1. The zero-order valence-corrected chi connectivity index (χ0v) is 14.9. The number of carbonyl (C=O) groups excluding carboxylic acids is 3. The highest BCUT2D eigenvalue weighted by atomic mass is 32.1. The van der Waals surface area contributed by atoms with E-state index in [1.807, 2.05) is 16.8 Å². The lowest BCUT2D eigenvalue weighted by Gasteiger charge is -2.10. The van der Waals surface area contributed by atoms with E-state index in [1.165, 1.54) is 13.2 Å². The third-order valence-electron chi connectivity index (χ3n) is 3.49. The van der Waals surface area contributed by atoms with Crippen molar-refractivity contribution in [3.63, 3.8) is 0 Å². The van der Waals surface area contributed by atoms with E-state index >= 15 is 0 Å². The first-order chi connectivity index (χ1) is 12.0. The molecule has 0 radical (unpaired) electrons. The van der Waals surface area contributed by atoms with Crippen LogP contribution in [0.3, 0.4) is 0 Å². The van der Waals surface area contributed by atoms with Gasteiger partial charge in [0, 0.05) is 12.1 Å². The molecule has 0 saturated carbocycles. The molecule has 1 aromatic carbocycles. The van der Waals surface area contributed by atoms with Gasteiger partial charge in [0.25, 0.3) is 5.91 Å². The monoisotopic (exact) mass is 361 g/mol. The fraction of sp³-hybridized carbons (Fsp3) is 0.278. The Morgan fingerprint density at radius 1 is 1.20 bits per heavy atom. The number of amides is 1. The minimum atomic E-state index is -0.490. The van der Waals surface area contributed by atoms with Gasteiger partial charge in [-0.2, -0.15) is 11.3 Å². The van der Waals surface area contributed by atoms with Crippen LogP contribution < -0.4 is 5.32 Å². The molecule has 25 heavy (non-hydrogen) atoms. The van der Waals surface area contributed by atoms with Crippen molar-refractivity contribution in [2.45, 2.75) is 19.8 Å². The second-order valence-electron chi connectivity index (χ2n) is 5.36. The number of carbonyl (C=O) groups is 3. The van der Waals surface area contributed by atoms with E-state index in [0.29, 0.717) is 17.7 Å². The second-order valence-corrected chi connectivity index (χ2v) is 6.14. The molecule has 0 aliphatic heterocycles. The van der Waals surface area contributed by atoms with E-state index in [0.717, 1.165) is 11.1 Å². The number of ether oxygens (including phenoxy) is 2. The summed E-state index contributed by atoms with van der Waals surface area (Å²) >= 11 is 1.57. The average molecular weight is 361 g/mol. The Kier molecular flexibility index (Phi) is 6.71. The van der Waals surface area contributed by atoms with Gasteiger partial charge in [0.05, 0.1) is 12.7 Å². The van der Waals surface area contributed by atoms with Crippen molar-refractivity contribution in [1.29, 1.82) is 0 Å². The summed E-state index contributed by atoms with van der Waals surface area (Å²) in [6.45, 7) is 1.42. The first kappa shape index (κ1) is 18.7. The molecule has 0 bridgehead atoms. The number of nitrogens with one attached hydrogen (secondary N) is 1. The Morgan fingerprint density at radius 3 is 2.68 bits per heavy atom. The van der Waals surface area contributed by atoms with Gasteiger partial charge in [0.2, 0.25) is 0 Å². The lowest BCUT2D eigenvalue weighted by atomic mass is 10.1. The molecule has 0 atom stereocenters. The van der Waals surface area contributed by atoms with Gasteiger partial charge < -0.3 is 14.8 Å². The predicted molar refractivity (Wildman–Crippen MR) is 94.7 cm³/mol. The molecular weight excluding hydrogens is 342 g/mol. The number of methoxy groups -OCH3 is 1. The summed E-state index contributed by atoms with van der Waals surface area (Å²) in [5.74, 6) is -1.38. The highest BCUT2D eigenvalue weighted by Crippen LogP contribution is 2.17. The van der Waals surface area contributed by atoms with Gasteiger partial charge >= 0.3 is 11.9 Å². The predicted octanol–water partition coefficient (Wildman–Crippen LogP) is 2.96. The molecule has 2 rings (SSSR count). The van der Waals surface area contributed by atoms with E-state index in [2.05, 4.69) is 10.1 Å². The summed E-state index contributed by atoms with van der Waals surface area (Å²) in [7, 11) is 1.29.